The van der Waals surface area contributed by atoms with E-state index in [1.165, 1.54) is 12.1 Å². The molecular weight excluding hydrogens is 331 g/mol. The standard InChI is InChI=1S/C20H15FN4O/c21-15-6-3-7-16(11-15)23-19(26)13-25-18-9-2-1-8-17(18)24-20(25)14-5-4-10-22-12-14/h1-12H,13H2,(H,23,26). The normalized spacial score (nSPS) is 10.8. The molecule has 26 heavy (non-hydrogen) atoms. The third-order valence-electron chi connectivity index (χ3n) is 3.98. The van der Waals surface area contributed by atoms with Gasteiger partial charge in [0.15, 0.2) is 0 Å². The minimum atomic E-state index is -0.396. The van der Waals surface area contributed by atoms with Crippen LogP contribution in [0.1, 0.15) is 0 Å². The van der Waals surface area contributed by atoms with E-state index in [-0.39, 0.29) is 12.5 Å². The van der Waals surface area contributed by atoms with Crippen LogP contribution >= 0.6 is 0 Å². The first kappa shape index (κ1) is 16.0. The fraction of sp³-hybridized carbons (Fsp3) is 0.0500. The lowest BCUT2D eigenvalue weighted by Gasteiger charge is -2.10. The van der Waals surface area contributed by atoms with Crippen molar-refractivity contribution in [3.63, 3.8) is 0 Å². The summed E-state index contributed by atoms with van der Waals surface area (Å²) in [6.07, 6.45) is 3.40. The number of benzene rings is 2. The Hall–Kier alpha value is -3.54. The van der Waals surface area contributed by atoms with Crippen molar-refractivity contribution in [1.82, 2.24) is 14.5 Å². The smallest absolute Gasteiger partial charge is 0.244 e. The molecule has 1 amide bonds. The van der Waals surface area contributed by atoms with E-state index < -0.39 is 5.82 Å². The van der Waals surface area contributed by atoms with Crippen molar-refractivity contribution < 1.29 is 9.18 Å². The second-order valence-corrected chi connectivity index (χ2v) is 5.81. The number of anilines is 1. The van der Waals surface area contributed by atoms with Crippen molar-refractivity contribution in [3.05, 3.63) is 78.9 Å². The number of aromatic nitrogens is 3. The molecule has 0 aliphatic carbocycles. The third kappa shape index (κ3) is 3.17. The van der Waals surface area contributed by atoms with Crippen LogP contribution in [0.4, 0.5) is 10.1 Å². The number of fused-ring (bicyclic) bond motifs is 1. The largest absolute Gasteiger partial charge is 0.324 e. The van der Waals surface area contributed by atoms with Gasteiger partial charge in [-0.25, -0.2) is 9.37 Å². The fourth-order valence-electron chi connectivity index (χ4n) is 2.86. The molecule has 2 aromatic carbocycles. The van der Waals surface area contributed by atoms with E-state index in [9.17, 15) is 9.18 Å². The average molecular weight is 346 g/mol. The number of nitrogens with zero attached hydrogens (tertiary/aromatic N) is 3. The lowest BCUT2D eigenvalue weighted by molar-refractivity contribution is -0.116. The molecule has 2 aromatic heterocycles. The topological polar surface area (TPSA) is 59.8 Å². The molecule has 0 saturated carbocycles. The minimum absolute atomic E-state index is 0.0568. The molecule has 4 aromatic rings. The van der Waals surface area contributed by atoms with Gasteiger partial charge in [0.05, 0.1) is 11.0 Å². The van der Waals surface area contributed by atoms with Crippen LogP contribution in [0.2, 0.25) is 0 Å². The van der Waals surface area contributed by atoms with Crippen LogP contribution in [-0.4, -0.2) is 20.4 Å². The van der Waals surface area contributed by atoms with Gasteiger partial charge in [-0.1, -0.05) is 18.2 Å². The summed E-state index contributed by atoms with van der Waals surface area (Å²) in [5.74, 6) is 0.00418. The predicted molar refractivity (Wildman–Crippen MR) is 98.0 cm³/mol. The molecule has 0 radical (unpaired) electrons. The van der Waals surface area contributed by atoms with Crippen LogP contribution in [0.5, 0.6) is 0 Å². The number of hydrogen-bond donors (Lipinski definition) is 1. The summed E-state index contributed by atoms with van der Waals surface area (Å²) in [6.45, 7) is 0.0568. The Morgan fingerprint density at radius 1 is 1.08 bits per heavy atom. The van der Waals surface area contributed by atoms with Crippen LogP contribution in [-0.2, 0) is 11.3 Å². The molecular formula is C20H15FN4O. The number of imidazole rings is 1. The highest BCUT2D eigenvalue weighted by molar-refractivity contribution is 5.92. The summed E-state index contributed by atoms with van der Waals surface area (Å²) in [5.41, 5.74) is 2.88. The van der Waals surface area contributed by atoms with Gasteiger partial charge in [-0.2, -0.15) is 0 Å². The molecule has 0 spiro atoms. The van der Waals surface area contributed by atoms with Gasteiger partial charge in [0, 0.05) is 23.6 Å². The summed E-state index contributed by atoms with van der Waals surface area (Å²) in [5, 5.41) is 2.72. The minimum Gasteiger partial charge on any atom is -0.324 e. The molecule has 0 saturated heterocycles. The van der Waals surface area contributed by atoms with Crippen LogP contribution in [0.3, 0.4) is 0 Å². The van der Waals surface area contributed by atoms with Crippen LogP contribution in [0, 0.1) is 5.82 Å². The van der Waals surface area contributed by atoms with Crippen molar-refractivity contribution >= 4 is 22.6 Å². The number of hydrogen-bond acceptors (Lipinski definition) is 3. The zero-order valence-electron chi connectivity index (χ0n) is 13.8. The molecule has 128 valence electrons. The zero-order chi connectivity index (χ0) is 17.9. The summed E-state index contributed by atoms with van der Waals surface area (Å²) in [6, 6.07) is 17.2. The van der Waals surface area contributed by atoms with Gasteiger partial charge in [-0.05, 0) is 42.5 Å². The molecule has 0 fully saturated rings. The van der Waals surface area contributed by atoms with Crippen molar-refractivity contribution in [2.24, 2.45) is 0 Å². The molecule has 2 heterocycles. The van der Waals surface area contributed by atoms with Crippen molar-refractivity contribution in [3.8, 4) is 11.4 Å². The molecule has 0 unspecified atom stereocenters. The highest BCUT2D eigenvalue weighted by atomic mass is 19.1. The molecule has 5 nitrogen and oxygen atoms in total. The SMILES string of the molecule is O=C(Cn1c(-c2cccnc2)nc2ccccc21)Nc1cccc(F)c1. The number of carbonyl (C=O) groups excluding carboxylic acids is 1. The second kappa shape index (κ2) is 6.76. The number of para-hydroxylation sites is 2. The molecule has 0 atom stereocenters. The lowest BCUT2D eigenvalue weighted by Crippen LogP contribution is -2.19. The summed E-state index contributed by atoms with van der Waals surface area (Å²) in [4.78, 5) is 21.3. The Kier molecular flexibility index (Phi) is 4.15. The van der Waals surface area contributed by atoms with E-state index in [1.54, 1.807) is 24.5 Å². The quantitative estimate of drug-likeness (QED) is 0.610. The average Bonchev–Trinajstić information content (AvgIpc) is 3.01. The van der Waals surface area contributed by atoms with E-state index in [0.717, 1.165) is 16.6 Å². The Balaban J connectivity index is 1.70. The lowest BCUT2D eigenvalue weighted by atomic mass is 10.2. The van der Waals surface area contributed by atoms with Gasteiger partial charge in [-0.15, -0.1) is 0 Å². The van der Waals surface area contributed by atoms with Gasteiger partial charge in [-0.3, -0.25) is 9.78 Å². The monoisotopic (exact) mass is 346 g/mol. The molecule has 0 bridgehead atoms. The Labute approximate surface area is 149 Å². The van der Waals surface area contributed by atoms with E-state index in [1.807, 2.05) is 41.0 Å². The summed E-state index contributed by atoms with van der Waals surface area (Å²) in [7, 11) is 0. The van der Waals surface area contributed by atoms with E-state index in [0.29, 0.717) is 11.5 Å². The first-order chi connectivity index (χ1) is 12.7. The number of pyridine rings is 1. The highest BCUT2D eigenvalue weighted by Gasteiger charge is 2.15. The Bertz CT molecular complexity index is 1080. The highest BCUT2D eigenvalue weighted by Crippen LogP contribution is 2.24. The number of halogens is 1. The van der Waals surface area contributed by atoms with Gasteiger partial charge in [0.2, 0.25) is 5.91 Å². The molecule has 0 aliphatic rings. The first-order valence-corrected chi connectivity index (χ1v) is 8.12. The summed E-state index contributed by atoms with van der Waals surface area (Å²) >= 11 is 0. The van der Waals surface area contributed by atoms with Crippen molar-refractivity contribution in [2.45, 2.75) is 6.54 Å². The number of rotatable bonds is 4. The fourth-order valence-corrected chi connectivity index (χ4v) is 2.86. The van der Waals surface area contributed by atoms with Gasteiger partial charge in [0.25, 0.3) is 0 Å². The maximum atomic E-state index is 13.3. The maximum absolute atomic E-state index is 13.3. The van der Waals surface area contributed by atoms with Gasteiger partial charge >= 0.3 is 0 Å². The van der Waals surface area contributed by atoms with Crippen LogP contribution in [0.25, 0.3) is 22.4 Å². The summed E-state index contributed by atoms with van der Waals surface area (Å²) < 4.78 is 15.1. The third-order valence-corrected chi connectivity index (χ3v) is 3.98. The predicted octanol–water partition coefficient (Wildman–Crippen LogP) is 3.88. The van der Waals surface area contributed by atoms with Crippen molar-refractivity contribution in [1.29, 1.82) is 0 Å². The van der Waals surface area contributed by atoms with Gasteiger partial charge in [0.1, 0.15) is 18.2 Å². The van der Waals surface area contributed by atoms with E-state index >= 15 is 0 Å². The van der Waals surface area contributed by atoms with Gasteiger partial charge < -0.3 is 9.88 Å². The van der Waals surface area contributed by atoms with Crippen LogP contribution in [0.15, 0.2) is 73.1 Å². The number of amides is 1. The first-order valence-electron chi connectivity index (χ1n) is 8.12. The maximum Gasteiger partial charge on any atom is 0.244 e. The number of nitrogens with one attached hydrogen (secondary N) is 1. The molecule has 0 aliphatic heterocycles. The molecule has 4 rings (SSSR count). The molecule has 6 heteroatoms. The molecule has 1 N–H and O–H groups in total. The van der Waals surface area contributed by atoms with Crippen molar-refractivity contribution in [2.75, 3.05) is 5.32 Å². The Morgan fingerprint density at radius 2 is 1.96 bits per heavy atom. The number of carbonyl (C=O) groups is 1. The zero-order valence-corrected chi connectivity index (χ0v) is 13.8. The second-order valence-electron chi connectivity index (χ2n) is 5.81. The Morgan fingerprint density at radius 3 is 2.77 bits per heavy atom. The van der Waals surface area contributed by atoms with E-state index in [2.05, 4.69) is 15.3 Å². The van der Waals surface area contributed by atoms with E-state index in [4.69, 9.17) is 0 Å². The van der Waals surface area contributed by atoms with Crippen LogP contribution < -0.4 is 5.32 Å².